The first kappa shape index (κ1) is 14.6. The number of carbonyl (C=O) groups is 1. The highest BCUT2D eigenvalue weighted by Gasteiger charge is 2.26. The van der Waals surface area contributed by atoms with Gasteiger partial charge in [0.2, 0.25) is 0 Å². The van der Waals surface area contributed by atoms with Crippen LogP contribution in [-0.2, 0) is 24.5 Å². The third kappa shape index (κ3) is 5.63. The third-order valence-corrected chi connectivity index (χ3v) is 5.86. The van der Waals surface area contributed by atoms with Gasteiger partial charge in [0.15, 0.2) is 9.84 Å². The van der Waals surface area contributed by atoms with Crippen molar-refractivity contribution in [3.63, 3.8) is 0 Å². The maximum Gasteiger partial charge on any atom is 0.151 e. The maximum absolute atomic E-state index is 11.6. The van der Waals surface area contributed by atoms with Crippen LogP contribution in [-0.4, -0.2) is 46.1 Å². The molecule has 1 unspecified atom stereocenters. The van der Waals surface area contributed by atoms with Crippen LogP contribution in [0, 0.1) is 5.92 Å². The fraction of sp³-hybridized carbons (Fsp3) is 0.900. The van der Waals surface area contributed by atoms with Gasteiger partial charge in [-0.2, -0.15) is 0 Å². The summed E-state index contributed by atoms with van der Waals surface area (Å²) in [5.41, 5.74) is 0. The molecule has 0 N–H and O–H groups in total. The van der Waals surface area contributed by atoms with E-state index in [1.165, 1.54) is 0 Å². The Morgan fingerprint density at radius 3 is 2.24 bits per heavy atom. The number of ketones is 1. The van der Waals surface area contributed by atoms with Crippen LogP contribution in [0.15, 0.2) is 0 Å². The number of carbonyl (C=O) groups excluding carboxylic acids is 1. The van der Waals surface area contributed by atoms with Gasteiger partial charge in [0.1, 0.15) is 15.6 Å². The van der Waals surface area contributed by atoms with Gasteiger partial charge in [-0.3, -0.25) is 4.79 Å². The van der Waals surface area contributed by atoms with E-state index in [1.54, 1.807) is 0 Å². The van der Waals surface area contributed by atoms with Gasteiger partial charge >= 0.3 is 0 Å². The number of hydrogen-bond acceptors (Lipinski definition) is 5. The van der Waals surface area contributed by atoms with Gasteiger partial charge in [0, 0.05) is 18.6 Å². The molecule has 0 radical (unpaired) electrons. The number of hydrogen-bond donors (Lipinski definition) is 0. The van der Waals surface area contributed by atoms with Crippen molar-refractivity contribution >= 4 is 25.5 Å². The topological polar surface area (TPSA) is 85.3 Å². The SMILES string of the molecule is CS(=O)(=O)CCS(=O)(=O)CCC1CCCC1=O. The third-order valence-electron chi connectivity index (χ3n) is 2.97. The summed E-state index contributed by atoms with van der Waals surface area (Å²) in [5, 5.41) is 0. The van der Waals surface area contributed by atoms with E-state index < -0.39 is 19.7 Å². The summed E-state index contributed by atoms with van der Waals surface area (Å²) >= 11 is 0. The van der Waals surface area contributed by atoms with Crippen molar-refractivity contribution in [3.05, 3.63) is 0 Å². The Kier molecular flexibility index (Phi) is 4.71. The molecule has 0 bridgehead atoms. The van der Waals surface area contributed by atoms with E-state index in [1.807, 2.05) is 0 Å². The van der Waals surface area contributed by atoms with Crippen LogP contribution in [0.1, 0.15) is 25.7 Å². The smallest absolute Gasteiger partial charge is 0.151 e. The normalized spacial score (nSPS) is 21.9. The van der Waals surface area contributed by atoms with Gasteiger partial charge in [-0.1, -0.05) is 0 Å². The molecule has 0 amide bonds. The van der Waals surface area contributed by atoms with Gasteiger partial charge < -0.3 is 0 Å². The molecule has 7 heteroatoms. The molecule has 0 saturated heterocycles. The Balaban J connectivity index is 2.42. The first-order valence-corrected chi connectivity index (χ1v) is 9.49. The molecule has 0 spiro atoms. The zero-order valence-electron chi connectivity index (χ0n) is 9.88. The van der Waals surface area contributed by atoms with Crippen LogP contribution in [0.3, 0.4) is 0 Å². The lowest BCUT2D eigenvalue weighted by atomic mass is 10.1. The van der Waals surface area contributed by atoms with Crippen LogP contribution < -0.4 is 0 Å². The van der Waals surface area contributed by atoms with Gasteiger partial charge in [0.25, 0.3) is 0 Å². The van der Waals surface area contributed by atoms with Crippen LogP contribution in [0.4, 0.5) is 0 Å². The Morgan fingerprint density at radius 1 is 1.12 bits per heavy atom. The molecule has 0 heterocycles. The van der Waals surface area contributed by atoms with Crippen molar-refractivity contribution in [1.82, 2.24) is 0 Å². The highest BCUT2D eigenvalue weighted by atomic mass is 32.2. The minimum atomic E-state index is -3.36. The van der Waals surface area contributed by atoms with Crippen molar-refractivity contribution in [3.8, 4) is 0 Å². The maximum atomic E-state index is 11.6. The lowest BCUT2D eigenvalue weighted by molar-refractivity contribution is -0.120. The second kappa shape index (κ2) is 5.48. The van der Waals surface area contributed by atoms with Crippen molar-refractivity contribution in [1.29, 1.82) is 0 Å². The molecule has 5 nitrogen and oxygen atoms in total. The van der Waals surface area contributed by atoms with E-state index in [9.17, 15) is 21.6 Å². The van der Waals surface area contributed by atoms with Gasteiger partial charge in [-0.05, 0) is 19.3 Å². The minimum Gasteiger partial charge on any atom is -0.299 e. The second-order valence-electron chi connectivity index (χ2n) is 4.63. The molecule has 1 aliphatic carbocycles. The average Bonchev–Trinajstić information content (AvgIpc) is 2.58. The summed E-state index contributed by atoms with van der Waals surface area (Å²) in [6, 6.07) is 0. The Labute approximate surface area is 102 Å². The molecule has 0 aliphatic heterocycles. The van der Waals surface area contributed by atoms with Crippen LogP contribution in [0.2, 0.25) is 0 Å². The van der Waals surface area contributed by atoms with E-state index in [0.29, 0.717) is 12.8 Å². The molecule has 100 valence electrons. The van der Waals surface area contributed by atoms with Crippen molar-refractivity contribution in [2.75, 3.05) is 23.5 Å². The Hall–Kier alpha value is -0.430. The summed E-state index contributed by atoms with van der Waals surface area (Å²) < 4.78 is 44.9. The predicted molar refractivity (Wildman–Crippen MR) is 65.3 cm³/mol. The molecule has 0 aromatic heterocycles. The van der Waals surface area contributed by atoms with Gasteiger partial charge in [-0.15, -0.1) is 0 Å². The Bertz CT molecular complexity index is 475. The lowest BCUT2D eigenvalue weighted by Gasteiger charge is -2.08. The summed E-state index contributed by atoms with van der Waals surface area (Å²) in [6.07, 6.45) is 3.51. The standard InChI is InChI=1S/C10H18O5S2/c1-16(12,13)7-8-17(14,15)6-5-9-3-2-4-10(9)11/h9H,2-8H2,1H3. The molecule has 17 heavy (non-hydrogen) atoms. The molecule has 1 fully saturated rings. The van der Waals surface area contributed by atoms with Crippen molar-refractivity contribution < 1.29 is 21.6 Å². The quantitative estimate of drug-likeness (QED) is 0.695. The zero-order chi connectivity index (χ0) is 13.1. The molecule has 0 aromatic rings. The average molecular weight is 282 g/mol. The molecule has 1 aliphatic rings. The fourth-order valence-electron chi connectivity index (χ4n) is 1.90. The first-order valence-electron chi connectivity index (χ1n) is 5.60. The molecular formula is C10H18O5S2. The lowest BCUT2D eigenvalue weighted by Crippen LogP contribution is -2.21. The van der Waals surface area contributed by atoms with Gasteiger partial charge in [0.05, 0.1) is 17.3 Å². The highest BCUT2D eigenvalue weighted by molar-refractivity contribution is 7.94. The van der Waals surface area contributed by atoms with E-state index in [4.69, 9.17) is 0 Å². The molecule has 0 aromatic carbocycles. The monoisotopic (exact) mass is 282 g/mol. The van der Waals surface area contributed by atoms with Gasteiger partial charge in [-0.25, -0.2) is 16.8 Å². The zero-order valence-corrected chi connectivity index (χ0v) is 11.5. The molecule has 1 rings (SSSR count). The number of rotatable bonds is 6. The molecular weight excluding hydrogens is 264 g/mol. The van der Waals surface area contributed by atoms with E-state index in [2.05, 4.69) is 0 Å². The summed E-state index contributed by atoms with van der Waals surface area (Å²) in [7, 11) is -6.61. The van der Waals surface area contributed by atoms with Crippen molar-refractivity contribution in [2.45, 2.75) is 25.7 Å². The first-order chi connectivity index (χ1) is 7.70. The number of Topliss-reactive ketones (excluding diaryl/α,β-unsaturated/α-hetero) is 1. The fourth-order valence-corrected chi connectivity index (χ4v) is 4.97. The Morgan fingerprint density at radius 2 is 1.76 bits per heavy atom. The summed E-state index contributed by atoms with van der Waals surface area (Å²) in [5.74, 6) is -0.758. The van der Waals surface area contributed by atoms with E-state index in [0.717, 1.165) is 19.1 Å². The van der Waals surface area contributed by atoms with Crippen LogP contribution >= 0.6 is 0 Å². The summed E-state index contributed by atoms with van der Waals surface area (Å²) in [4.78, 5) is 11.3. The number of sulfone groups is 2. The van der Waals surface area contributed by atoms with Crippen LogP contribution in [0.5, 0.6) is 0 Å². The largest absolute Gasteiger partial charge is 0.299 e. The van der Waals surface area contributed by atoms with Crippen molar-refractivity contribution in [2.24, 2.45) is 5.92 Å². The summed E-state index contributed by atoms with van der Waals surface area (Å²) in [6.45, 7) is 0. The van der Waals surface area contributed by atoms with E-state index >= 15 is 0 Å². The van der Waals surface area contributed by atoms with E-state index in [-0.39, 0.29) is 29.0 Å². The predicted octanol–water partition coefficient (Wildman–Crippen LogP) is 0.205. The van der Waals surface area contributed by atoms with Crippen LogP contribution in [0.25, 0.3) is 0 Å². The highest BCUT2D eigenvalue weighted by Crippen LogP contribution is 2.24. The molecule has 1 saturated carbocycles. The second-order valence-corrected chi connectivity index (χ2v) is 9.19. The molecule has 1 atom stereocenters. The minimum absolute atomic E-state index is 0.0844.